The number of amides is 1. The number of aryl methyl sites for hydroxylation is 3. The van der Waals surface area contributed by atoms with Gasteiger partial charge in [-0.25, -0.2) is 4.79 Å². The summed E-state index contributed by atoms with van der Waals surface area (Å²) in [5.74, 6) is -1.23. The molecule has 0 aliphatic rings. The normalized spacial score (nSPS) is 10.7. The average molecular weight is 354 g/mol. The van der Waals surface area contributed by atoms with Crippen molar-refractivity contribution in [2.75, 3.05) is 0 Å². The summed E-state index contributed by atoms with van der Waals surface area (Å²) in [6.07, 6.45) is 5.20. The Balaban J connectivity index is 0.00000312. The average Bonchev–Trinajstić information content (AvgIpc) is 2.76. The number of fused-ring (bicyclic) bond motifs is 1. The fourth-order valence-corrected chi connectivity index (χ4v) is 3.34. The number of nitrogens with two attached hydrogens (primary N) is 1. The number of hydrogen-bond acceptors (Lipinski definition) is 2. The van der Waals surface area contributed by atoms with Crippen LogP contribution < -0.4 is 5.73 Å². The van der Waals surface area contributed by atoms with Crippen molar-refractivity contribution in [1.29, 1.82) is 0 Å². The van der Waals surface area contributed by atoms with Crippen molar-refractivity contribution in [2.45, 2.75) is 52.4 Å². The van der Waals surface area contributed by atoms with E-state index in [1.165, 1.54) is 5.69 Å². The number of unbranched alkanes of at least 4 members (excludes halogenated alkanes) is 2. The summed E-state index contributed by atoms with van der Waals surface area (Å²) in [5.41, 5.74) is 9.61. The van der Waals surface area contributed by atoms with Crippen molar-refractivity contribution in [3.8, 4) is 0 Å². The molecule has 1 heterocycles. The summed E-state index contributed by atoms with van der Waals surface area (Å²) >= 11 is 0. The zero-order valence-electron chi connectivity index (χ0n) is 14.7. The van der Waals surface area contributed by atoms with Crippen LogP contribution in [0.4, 0.5) is 0 Å². The van der Waals surface area contributed by atoms with Gasteiger partial charge >= 0.3 is 35.5 Å². The van der Waals surface area contributed by atoms with E-state index in [2.05, 4.69) is 11.5 Å². The summed E-state index contributed by atoms with van der Waals surface area (Å²) in [6, 6.07) is 3.67. The van der Waals surface area contributed by atoms with Gasteiger partial charge in [0, 0.05) is 30.1 Å². The third-order valence-corrected chi connectivity index (χ3v) is 4.65. The molecule has 3 N–H and O–H groups in total. The minimum atomic E-state index is -0.915. The van der Waals surface area contributed by atoms with Crippen LogP contribution in [-0.2, 0) is 24.7 Å². The Hall–Kier alpha value is -1.30. The van der Waals surface area contributed by atoms with Gasteiger partial charge in [0.25, 0.3) is 0 Å². The van der Waals surface area contributed by atoms with E-state index in [0.29, 0.717) is 18.4 Å². The third-order valence-electron chi connectivity index (χ3n) is 4.65. The second kappa shape index (κ2) is 9.41. The maximum atomic E-state index is 11.4. The van der Waals surface area contributed by atoms with Crippen molar-refractivity contribution >= 4 is 52.3 Å². The molecule has 0 aliphatic carbocycles. The van der Waals surface area contributed by atoms with Gasteiger partial charge in [-0.05, 0) is 49.4 Å². The molecule has 2 aromatic rings. The molecule has 0 fully saturated rings. The molecule has 0 saturated heterocycles. The van der Waals surface area contributed by atoms with Crippen LogP contribution in [0, 0.1) is 6.92 Å². The maximum absolute atomic E-state index is 11.4. The van der Waals surface area contributed by atoms with E-state index in [1.54, 1.807) is 6.07 Å². The number of primary amides is 1. The molecule has 0 bridgehead atoms. The third kappa shape index (κ3) is 4.87. The number of aromatic nitrogens is 1. The van der Waals surface area contributed by atoms with Crippen LogP contribution in [0.3, 0.4) is 0 Å². The fraction of sp³-hybridized carbons (Fsp3) is 0.474. The molecule has 132 valence electrons. The Bertz CT molecular complexity index is 781. The molecule has 0 spiro atoms. The molecule has 0 saturated carbocycles. The zero-order valence-corrected chi connectivity index (χ0v) is 14.7. The topological polar surface area (TPSA) is 85.3 Å². The molecular weight excluding hydrogens is 327 g/mol. The van der Waals surface area contributed by atoms with Gasteiger partial charge in [-0.15, -0.1) is 0 Å². The number of benzene rings is 1. The number of aromatic carboxylic acids is 1. The van der Waals surface area contributed by atoms with Gasteiger partial charge in [0.05, 0.1) is 5.56 Å². The molecule has 0 atom stereocenters. The first-order valence-electron chi connectivity index (χ1n) is 8.49. The molecule has 0 aliphatic heterocycles. The van der Waals surface area contributed by atoms with Gasteiger partial charge < -0.3 is 15.4 Å². The van der Waals surface area contributed by atoms with Crippen molar-refractivity contribution < 1.29 is 14.7 Å². The van der Waals surface area contributed by atoms with Gasteiger partial charge in [0.2, 0.25) is 5.91 Å². The van der Waals surface area contributed by atoms with Crippen LogP contribution in [0.1, 0.15) is 59.8 Å². The SMILES string of the molecule is CCCCCc1c(CCC(N)=O)c2cc(C)c(C(=O)O)cc2n1C.[NaH]. The van der Waals surface area contributed by atoms with Gasteiger partial charge in [0.15, 0.2) is 0 Å². The number of carbonyl (C=O) groups is 2. The minimum absolute atomic E-state index is 0. The van der Waals surface area contributed by atoms with E-state index in [9.17, 15) is 14.7 Å². The second-order valence-electron chi connectivity index (χ2n) is 6.40. The second-order valence-corrected chi connectivity index (χ2v) is 6.40. The van der Waals surface area contributed by atoms with E-state index in [4.69, 9.17) is 5.73 Å². The van der Waals surface area contributed by atoms with E-state index >= 15 is 0 Å². The van der Waals surface area contributed by atoms with Crippen molar-refractivity contribution in [1.82, 2.24) is 4.57 Å². The summed E-state index contributed by atoms with van der Waals surface area (Å²) in [5, 5.41) is 10.4. The standard InChI is InChI=1S/C19H26N2O3.Na.H/c1-4-5-6-7-16-13(8-9-18(20)22)15-10-12(2)14(19(23)24)11-17(15)21(16)3;;/h10-11H,4-9H2,1-3H3,(H2,20,22)(H,23,24);;. The van der Waals surface area contributed by atoms with E-state index in [1.807, 2.05) is 20.0 Å². The van der Waals surface area contributed by atoms with Gasteiger partial charge in [-0.1, -0.05) is 19.8 Å². The number of nitrogens with zero attached hydrogens (tertiary/aromatic N) is 1. The Morgan fingerprint density at radius 2 is 1.88 bits per heavy atom. The van der Waals surface area contributed by atoms with Gasteiger partial charge in [-0.2, -0.15) is 0 Å². The molecule has 6 heteroatoms. The Labute approximate surface area is 170 Å². The Kier molecular flexibility index (Phi) is 8.19. The summed E-state index contributed by atoms with van der Waals surface area (Å²) in [7, 11) is 1.97. The molecule has 0 radical (unpaired) electrons. The predicted molar refractivity (Wildman–Crippen MR) is 103 cm³/mol. The Morgan fingerprint density at radius 3 is 2.44 bits per heavy atom. The number of carboxylic acids is 1. The first kappa shape index (κ1) is 21.7. The fourth-order valence-electron chi connectivity index (χ4n) is 3.34. The van der Waals surface area contributed by atoms with Crippen LogP contribution in [-0.4, -0.2) is 51.1 Å². The van der Waals surface area contributed by atoms with Crippen LogP contribution in [0.2, 0.25) is 0 Å². The molecular formula is C19H27N2NaO3. The number of carbonyl (C=O) groups excluding carboxylic acids is 1. The molecule has 1 amide bonds. The molecule has 5 nitrogen and oxygen atoms in total. The first-order valence-corrected chi connectivity index (χ1v) is 8.49. The van der Waals surface area contributed by atoms with Crippen LogP contribution in [0.25, 0.3) is 10.9 Å². The van der Waals surface area contributed by atoms with Gasteiger partial charge in [-0.3, -0.25) is 4.79 Å². The number of hydrogen-bond donors (Lipinski definition) is 2. The Morgan fingerprint density at radius 1 is 1.20 bits per heavy atom. The molecule has 0 unspecified atom stereocenters. The quantitative estimate of drug-likeness (QED) is 0.564. The van der Waals surface area contributed by atoms with Crippen molar-refractivity contribution in [2.24, 2.45) is 12.8 Å². The van der Waals surface area contributed by atoms with Crippen LogP contribution in [0.5, 0.6) is 0 Å². The van der Waals surface area contributed by atoms with Crippen molar-refractivity contribution in [3.63, 3.8) is 0 Å². The van der Waals surface area contributed by atoms with E-state index in [-0.39, 0.29) is 35.5 Å². The molecule has 1 aromatic carbocycles. The van der Waals surface area contributed by atoms with E-state index < -0.39 is 5.97 Å². The van der Waals surface area contributed by atoms with Gasteiger partial charge in [0.1, 0.15) is 0 Å². The van der Waals surface area contributed by atoms with Crippen molar-refractivity contribution in [3.05, 3.63) is 34.5 Å². The molecule has 1 aromatic heterocycles. The number of rotatable bonds is 8. The zero-order chi connectivity index (χ0) is 17.9. The van der Waals surface area contributed by atoms with Crippen LogP contribution in [0.15, 0.2) is 12.1 Å². The first-order chi connectivity index (χ1) is 11.4. The summed E-state index contributed by atoms with van der Waals surface area (Å²) < 4.78 is 2.08. The predicted octanol–water partition coefficient (Wildman–Crippen LogP) is 2.69. The van der Waals surface area contributed by atoms with Crippen LogP contribution >= 0.6 is 0 Å². The monoisotopic (exact) mass is 354 g/mol. The molecule has 25 heavy (non-hydrogen) atoms. The number of carboxylic acid groups (broad SMARTS) is 1. The summed E-state index contributed by atoms with van der Waals surface area (Å²) in [6.45, 7) is 3.97. The summed E-state index contributed by atoms with van der Waals surface area (Å²) in [4.78, 5) is 22.7. The molecule has 2 rings (SSSR count). The van der Waals surface area contributed by atoms with E-state index in [0.717, 1.165) is 47.7 Å².